The van der Waals surface area contributed by atoms with Crippen molar-refractivity contribution in [1.82, 2.24) is 14.3 Å². The fraction of sp³-hybridized carbons (Fsp3) is 0.333. The Hall–Kier alpha value is -3.03. The van der Waals surface area contributed by atoms with Crippen molar-refractivity contribution in [3.63, 3.8) is 0 Å². The van der Waals surface area contributed by atoms with Crippen molar-refractivity contribution in [2.75, 3.05) is 31.1 Å². The van der Waals surface area contributed by atoms with Gasteiger partial charge in [-0.05, 0) is 30.9 Å². The van der Waals surface area contributed by atoms with E-state index in [9.17, 15) is 8.42 Å². The number of benzene rings is 2. The summed E-state index contributed by atoms with van der Waals surface area (Å²) in [6.07, 6.45) is 2.40. The highest BCUT2D eigenvalue weighted by Crippen LogP contribution is 2.31. The molecule has 4 rings (SSSR count). The Balaban J connectivity index is 1.59. The summed E-state index contributed by atoms with van der Waals surface area (Å²) in [5.41, 5.74) is 3.94. The Morgan fingerprint density at radius 2 is 1.56 bits per heavy atom. The normalized spacial score (nSPS) is 15.7. The zero-order valence-corrected chi connectivity index (χ0v) is 20.9. The molecule has 0 unspecified atom stereocenters. The third-order valence-corrected chi connectivity index (χ3v) is 7.64. The van der Waals surface area contributed by atoms with Crippen molar-refractivity contribution in [1.29, 1.82) is 0 Å². The Bertz CT molecular complexity index is 1240. The van der Waals surface area contributed by atoms with Gasteiger partial charge in [0.05, 0.1) is 0 Å². The van der Waals surface area contributed by atoms with Crippen LogP contribution in [-0.4, -0.2) is 48.9 Å². The van der Waals surface area contributed by atoms with Crippen molar-refractivity contribution in [3.05, 3.63) is 82.9 Å². The average molecular weight is 477 g/mol. The molecule has 2 heterocycles. The Labute approximate surface area is 203 Å². The lowest BCUT2D eigenvalue weighted by Gasteiger charge is -2.27. The van der Waals surface area contributed by atoms with Gasteiger partial charge in [0, 0.05) is 48.4 Å². The van der Waals surface area contributed by atoms with Crippen LogP contribution in [0.2, 0.25) is 0 Å². The molecule has 6 nitrogen and oxygen atoms in total. The molecule has 1 aromatic heterocycles. The quantitative estimate of drug-likeness (QED) is 0.496. The summed E-state index contributed by atoms with van der Waals surface area (Å²) in [7, 11) is -3.50. The van der Waals surface area contributed by atoms with E-state index in [1.807, 2.05) is 67.6 Å². The van der Waals surface area contributed by atoms with Gasteiger partial charge in [-0.2, -0.15) is 4.31 Å². The van der Waals surface area contributed by atoms with Gasteiger partial charge >= 0.3 is 0 Å². The summed E-state index contributed by atoms with van der Waals surface area (Å²) >= 11 is 0. The molecule has 1 aliphatic heterocycles. The Morgan fingerprint density at radius 1 is 0.882 bits per heavy atom. The van der Waals surface area contributed by atoms with Gasteiger partial charge in [-0.25, -0.2) is 18.4 Å². The number of rotatable bonds is 6. The SMILES string of the molecule is Cc1nc(-c2ccccc2)nc(N2CCCN(S(=O)(=O)C=Cc3ccccc3)CC2)c1C(C)C. The average Bonchev–Trinajstić information content (AvgIpc) is 3.10. The highest BCUT2D eigenvalue weighted by Gasteiger charge is 2.26. The molecule has 0 bridgehead atoms. The number of nitrogens with zero attached hydrogens (tertiary/aromatic N) is 4. The number of hydrogen-bond acceptors (Lipinski definition) is 5. The second kappa shape index (κ2) is 10.5. The summed E-state index contributed by atoms with van der Waals surface area (Å²) in [6, 6.07) is 19.5. The first-order chi connectivity index (χ1) is 16.3. The summed E-state index contributed by atoms with van der Waals surface area (Å²) in [4.78, 5) is 12.0. The largest absolute Gasteiger partial charge is 0.355 e. The molecule has 178 valence electrons. The second-order valence-electron chi connectivity index (χ2n) is 8.89. The van der Waals surface area contributed by atoms with E-state index in [0.29, 0.717) is 25.5 Å². The zero-order chi connectivity index (χ0) is 24.1. The van der Waals surface area contributed by atoms with Crippen LogP contribution in [0.5, 0.6) is 0 Å². The van der Waals surface area contributed by atoms with Crippen LogP contribution in [0.4, 0.5) is 5.82 Å². The molecule has 0 amide bonds. The standard InChI is InChI=1S/C27H32N4O2S/c1-21(2)25-22(3)28-26(24-13-8-5-9-14-24)29-27(25)30-16-10-17-31(19-18-30)34(32,33)20-15-23-11-6-4-7-12-23/h4-9,11-15,20-21H,10,16-19H2,1-3H3. The second-order valence-corrected chi connectivity index (χ2v) is 10.7. The number of anilines is 1. The van der Waals surface area contributed by atoms with Crippen LogP contribution in [0.15, 0.2) is 66.1 Å². The van der Waals surface area contributed by atoms with Crippen LogP contribution in [0.1, 0.15) is 43.0 Å². The van der Waals surface area contributed by atoms with E-state index in [1.54, 1.807) is 10.4 Å². The molecule has 1 fully saturated rings. The zero-order valence-electron chi connectivity index (χ0n) is 20.1. The minimum atomic E-state index is -3.50. The van der Waals surface area contributed by atoms with Gasteiger partial charge in [-0.15, -0.1) is 0 Å². The minimum absolute atomic E-state index is 0.261. The van der Waals surface area contributed by atoms with E-state index >= 15 is 0 Å². The molecule has 1 saturated heterocycles. The van der Waals surface area contributed by atoms with Gasteiger partial charge in [-0.3, -0.25) is 0 Å². The van der Waals surface area contributed by atoms with Crippen molar-refractivity contribution >= 4 is 21.9 Å². The van der Waals surface area contributed by atoms with Crippen molar-refractivity contribution < 1.29 is 8.42 Å². The summed E-state index contributed by atoms with van der Waals surface area (Å²) < 4.78 is 27.6. The van der Waals surface area contributed by atoms with E-state index in [0.717, 1.165) is 41.2 Å². The smallest absolute Gasteiger partial charge is 0.236 e. The fourth-order valence-electron chi connectivity index (χ4n) is 4.37. The van der Waals surface area contributed by atoms with Crippen LogP contribution in [0, 0.1) is 6.92 Å². The maximum absolute atomic E-state index is 13.0. The maximum Gasteiger partial charge on any atom is 0.236 e. The van der Waals surface area contributed by atoms with Crippen molar-refractivity contribution in [2.24, 2.45) is 0 Å². The van der Waals surface area contributed by atoms with Gasteiger partial charge in [0.25, 0.3) is 0 Å². The highest BCUT2D eigenvalue weighted by atomic mass is 32.2. The molecule has 0 aliphatic carbocycles. The molecule has 0 atom stereocenters. The van der Waals surface area contributed by atoms with E-state index < -0.39 is 10.0 Å². The lowest BCUT2D eigenvalue weighted by Crippen LogP contribution is -2.34. The van der Waals surface area contributed by atoms with Crippen LogP contribution >= 0.6 is 0 Å². The number of aromatic nitrogens is 2. The molecule has 2 aromatic carbocycles. The number of sulfonamides is 1. The Morgan fingerprint density at radius 3 is 2.24 bits per heavy atom. The maximum atomic E-state index is 13.0. The van der Waals surface area contributed by atoms with Gasteiger partial charge in [-0.1, -0.05) is 74.5 Å². The first-order valence-electron chi connectivity index (χ1n) is 11.8. The van der Waals surface area contributed by atoms with Gasteiger partial charge in [0.15, 0.2) is 5.82 Å². The molecule has 0 N–H and O–H groups in total. The lowest BCUT2D eigenvalue weighted by molar-refractivity contribution is 0.440. The van der Waals surface area contributed by atoms with E-state index in [-0.39, 0.29) is 5.92 Å². The monoisotopic (exact) mass is 476 g/mol. The van der Waals surface area contributed by atoms with Gasteiger partial charge in [0.1, 0.15) is 5.82 Å². The third kappa shape index (κ3) is 5.54. The molecule has 1 aliphatic rings. The number of hydrogen-bond donors (Lipinski definition) is 0. The molecule has 0 spiro atoms. The van der Waals surface area contributed by atoms with Crippen LogP contribution in [0.3, 0.4) is 0 Å². The fourth-order valence-corrected chi connectivity index (χ4v) is 5.60. The van der Waals surface area contributed by atoms with E-state index in [1.165, 1.54) is 5.41 Å². The molecule has 34 heavy (non-hydrogen) atoms. The summed E-state index contributed by atoms with van der Waals surface area (Å²) in [6.45, 7) is 8.59. The molecule has 0 radical (unpaired) electrons. The van der Waals surface area contributed by atoms with Gasteiger partial charge in [0.2, 0.25) is 10.0 Å². The van der Waals surface area contributed by atoms with E-state index in [2.05, 4.69) is 18.7 Å². The predicted octanol–water partition coefficient (Wildman–Crippen LogP) is 5.09. The van der Waals surface area contributed by atoms with E-state index in [4.69, 9.17) is 9.97 Å². The molecule has 7 heteroatoms. The molecule has 0 saturated carbocycles. The lowest BCUT2D eigenvalue weighted by atomic mass is 10.0. The van der Waals surface area contributed by atoms with Crippen LogP contribution in [0.25, 0.3) is 17.5 Å². The number of aryl methyl sites for hydroxylation is 1. The predicted molar refractivity (Wildman–Crippen MR) is 139 cm³/mol. The van der Waals surface area contributed by atoms with Crippen LogP contribution < -0.4 is 4.90 Å². The topological polar surface area (TPSA) is 66.4 Å². The molecular weight excluding hydrogens is 444 g/mol. The van der Waals surface area contributed by atoms with Gasteiger partial charge < -0.3 is 4.90 Å². The Kier molecular flexibility index (Phi) is 7.44. The summed E-state index contributed by atoms with van der Waals surface area (Å²) in [5.74, 6) is 1.88. The first kappa shape index (κ1) is 24.1. The highest BCUT2D eigenvalue weighted by molar-refractivity contribution is 7.92. The first-order valence-corrected chi connectivity index (χ1v) is 13.3. The van der Waals surface area contributed by atoms with Crippen LogP contribution in [-0.2, 0) is 10.0 Å². The third-order valence-electron chi connectivity index (χ3n) is 6.07. The summed E-state index contributed by atoms with van der Waals surface area (Å²) in [5, 5.41) is 1.32. The van der Waals surface area contributed by atoms with Crippen molar-refractivity contribution in [2.45, 2.75) is 33.1 Å². The molecule has 3 aromatic rings. The molecular formula is C27H32N4O2S. The minimum Gasteiger partial charge on any atom is -0.355 e. The van der Waals surface area contributed by atoms with Crippen molar-refractivity contribution in [3.8, 4) is 11.4 Å².